The number of nitrogens with zero attached hydrogens (tertiary/aromatic N) is 2. The largest absolute Gasteiger partial charge is 0.260 e. The third kappa shape index (κ3) is 1.66. The van der Waals surface area contributed by atoms with Gasteiger partial charge in [-0.3, -0.25) is 9.97 Å². The second-order valence-electron chi connectivity index (χ2n) is 6.67. The maximum Gasteiger partial charge on any atom is 0.0746 e. The van der Waals surface area contributed by atoms with E-state index in [9.17, 15) is 0 Å². The lowest BCUT2D eigenvalue weighted by molar-refractivity contribution is 0.659. The van der Waals surface area contributed by atoms with Crippen LogP contribution in [0.15, 0.2) is 53.7 Å². The van der Waals surface area contributed by atoms with Gasteiger partial charge in [-0.15, -0.1) is 11.8 Å². The van der Waals surface area contributed by atoms with Gasteiger partial charge in [0, 0.05) is 45.1 Å². The van der Waals surface area contributed by atoms with Crippen molar-refractivity contribution in [1.82, 2.24) is 9.97 Å². The molecule has 2 aliphatic rings. The molecule has 1 aliphatic heterocycles. The van der Waals surface area contributed by atoms with E-state index in [0.29, 0.717) is 0 Å². The van der Waals surface area contributed by atoms with Gasteiger partial charge in [-0.25, -0.2) is 0 Å². The van der Waals surface area contributed by atoms with Crippen LogP contribution in [-0.4, -0.2) is 9.97 Å². The Bertz CT molecular complexity index is 960. The number of hydrogen-bond acceptors (Lipinski definition) is 3. The Labute approximate surface area is 140 Å². The van der Waals surface area contributed by atoms with Gasteiger partial charge in [-0.1, -0.05) is 32.0 Å². The van der Waals surface area contributed by atoms with Gasteiger partial charge < -0.3 is 0 Å². The van der Waals surface area contributed by atoms with Gasteiger partial charge >= 0.3 is 0 Å². The van der Waals surface area contributed by atoms with Crippen molar-refractivity contribution in [3.8, 4) is 22.4 Å². The van der Waals surface area contributed by atoms with Crippen molar-refractivity contribution in [2.24, 2.45) is 0 Å². The van der Waals surface area contributed by atoms with Crippen molar-refractivity contribution in [1.29, 1.82) is 0 Å². The molecule has 0 atom stereocenters. The SMILES string of the molecule is CC1(C)c2cccnc2-c2ccc3c(c21)-c1cccnc1CS3. The molecule has 0 radical (unpaired) electrons. The average molecular weight is 316 g/mol. The van der Waals surface area contributed by atoms with Gasteiger partial charge in [0.2, 0.25) is 0 Å². The van der Waals surface area contributed by atoms with Crippen LogP contribution in [0.5, 0.6) is 0 Å². The summed E-state index contributed by atoms with van der Waals surface area (Å²) < 4.78 is 0. The standard InChI is InChI=1S/C20H16N2S/c1-20(2)14-6-4-10-22-19(14)13-7-8-16-17(18(13)20)12-5-3-9-21-15(12)11-23-16/h3-10H,11H2,1-2H3. The van der Waals surface area contributed by atoms with E-state index in [4.69, 9.17) is 0 Å². The molecule has 1 aromatic carbocycles. The first kappa shape index (κ1) is 13.3. The number of hydrogen-bond donors (Lipinski definition) is 0. The lowest BCUT2D eigenvalue weighted by Crippen LogP contribution is -2.17. The lowest BCUT2D eigenvalue weighted by Gasteiger charge is -2.28. The maximum atomic E-state index is 4.68. The highest BCUT2D eigenvalue weighted by Gasteiger charge is 2.40. The summed E-state index contributed by atoms with van der Waals surface area (Å²) in [5.41, 5.74) is 8.96. The topological polar surface area (TPSA) is 25.8 Å². The van der Waals surface area contributed by atoms with Crippen molar-refractivity contribution in [3.05, 3.63) is 65.6 Å². The van der Waals surface area contributed by atoms with E-state index >= 15 is 0 Å². The molecule has 0 fully saturated rings. The van der Waals surface area contributed by atoms with Crippen molar-refractivity contribution < 1.29 is 0 Å². The summed E-state index contributed by atoms with van der Waals surface area (Å²) in [6, 6.07) is 13.0. The normalized spacial score (nSPS) is 16.3. The van der Waals surface area contributed by atoms with Crippen LogP contribution in [0.25, 0.3) is 22.4 Å². The van der Waals surface area contributed by atoms with E-state index in [0.717, 1.165) is 11.4 Å². The maximum absolute atomic E-state index is 4.68. The number of fused-ring (bicyclic) bond motifs is 7. The van der Waals surface area contributed by atoms with Gasteiger partial charge in [0.05, 0.1) is 11.4 Å². The van der Waals surface area contributed by atoms with Crippen molar-refractivity contribution >= 4 is 11.8 Å². The predicted octanol–water partition coefficient (Wildman–Crippen LogP) is 5.06. The monoisotopic (exact) mass is 316 g/mol. The molecule has 3 aromatic rings. The number of benzene rings is 1. The zero-order valence-electron chi connectivity index (χ0n) is 13.1. The molecule has 0 saturated carbocycles. The fourth-order valence-electron chi connectivity index (χ4n) is 4.00. The fraction of sp³-hybridized carbons (Fsp3) is 0.200. The average Bonchev–Trinajstić information content (AvgIpc) is 2.83. The first-order valence-electron chi connectivity index (χ1n) is 7.88. The Morgan fingerprint density at radius 2 is 1.78 bits per heavy atom. The third-order valence-electron chi connectivity index (χ3n) is 5.05. The smallest absolute Gasteiger partial charge is 0.0746 e. The molecule has 5 rings (SSSR count). The van der Waals surface area contributed by atoms with Gasteiger partial charge in [-0.2, -0.15) is 0 Å². The molecule has 0 unspecified atom stereocenters. The van der Waals surface area contributed by atoms with E-state index in [1.54, 1.807) is 0 Å². The summed E-state index contributed by atoms with van der Waals surface area (Å²) in [6.07, 6.45) is 3.79. The van der Waals surface area contributed by atoms with Gasteiger partial charge in [0.25, 0.3) is 0 Å². The molecule has 112 valence electrons. The number of thioether (sulfide) groups is 1. The molecule has 0 bridgehead atoms. The Morgan fingerprint density at radius 3 is 2.70 bits per heavy atom. The summed E-state index contributed by atoms with van der Waals surface area (Å²) in [5.74, 6) is 0.952. The van der Waals surface area contributed by atoms with Gasteiger partial charge in [0.15, 0.2) is 0 Å². The molecule has 3 heteroatoms. The Hall–Kier alpha value is -2.13. The molecule has 3 heterocycles. The highest BCUT2D eigenvalue weighted by molar-refractivity contribution is 7.98. The van der Waals surface area contributed by atoms with Crippen LogP contribution >= 0.6 is 11.8 Å². The van der Waals surface area contributed by atoms with Crippen LogP contribution in [0.4, 0.5) is 0 Å². The Morgan fingerprint density at radius 1 is 0.957 bits per heavy atom. The highest BCUT2D eigenvalue weighted by atomic mass is 32.2. The minimum absolute atomic E-state index is 0.0325. The first-order chi connectivity index (χ1) is 11.2. The number of pyridine rings is 2. The van der Waals surface area contributed by atoms with Crippen molar-refractivity contribution in [3.63, 3.8) is 0 Å². The molecular formula is C20H16N2S. The summed E-state index contributed by atoms with van der Waals surface area (Å²) in [7, 11) is 0. The van der Waals surface area contributed by atoms with Gasteiger partial charge in [-0.05, 0) is 29.3 Å². The summed E-state index contributed by atoms with van der Waals surface area (Å²) in [4.78, 5) is 10.6. The van der Waals surface area contributed by atoms with Crippen LogP contribution in [0.1, 0.15) is 30.7 Å². The Kier molecular flexibility index (Phi) is 2.58. The summed E-state index contributed by atoms with van der Waals surface area (Å²) in [6.45, 7) is 4.63. The van der Waals surface area contributed by atoms with E-state index in [1.807, 2.05) is 36.3 Å². The second kappa shape index (κ2) is 4.45. The summed E-state index contributed by atoms with van der Waals surface area (Å²) in [5, 5.41) is 0. The van der Waals surface area contributed by atoms with Crippen LogP contribution in [0.2, 0.25) is 0 Å². The molecule has 2 nitrogen and oxygen atoms in total. The Balaban J connectivity index is 1.91. The number of aromatic nitrogens is 2. The summed E-state index contributed by atoms with van der Waals surface area (Å²) >= 11 is 1.89. The van der Waals surface area contributed by atoms with Crippen LogP contribution < -0.4 is 0 Å². The minimum Gasteiger partial charge on any atom is -0.260 e. The minimum atomic E-state index is -0.0325. The van der Waals surface area contributed by atoms with Crippen LogP contribution in [0.3, 0.4) is 0 Å². The van der Waals surface area contributed by atoms with E-state index in [2.05, 4.69) is 48.1 Å². The molecule has 23 heavy (non-hydrogen) atoms. The second-order valence-corrected chi connectivity index (χ2v) is 7.69. The van der Waals surface area contributed by atoms with E-state index < -0.39 is 0 Å². The molecule has 0 saturated heterocycles. The quantitative estimate of drug-likeness (QED) is 0.580. The highest BCUT2D eigenvalue weighted by Crippen LogP contribution is 2.55. The van der Waals surface area contributed by atoms with Gasteiger partial charge in [0.1, 0.15) is 0 Å². The van der Waals surface area contributed by atoms with Crippen LogP contribution in [0, 0.1) is 0 Å². The first-order valence-corrected chi connectivity index (χ1v) is 8.87. The van der Waals surface area contributed by atoms with Crippen molar-refractivity contribution in [2.45, 2.75) is 29.9 Å². The molecule has 1 aliphatic carbocycles. The molecule has 2 aromatic heterocycles. The molecular weight excluding hydrogens is 300 g/mol. The third-order valence-corrected chi connectivity index (χ3v) is 6.12. The van der Waals surface area contributed by atoms with E-state index in [-0.39, 0.29) is 5.41 Å². The zero-order chi connectivity index (χ0) is 15.6. The fourth-order valence-corrected chi connectivity index (χ4v) is 5.05. The number of rotatable bonds is 0. The van der Waals surface area contributed by atoms with E-state index in [1.165, 1.54) is 38.4 Å². The molecule has 0 spiro atoms. The van der Waals surface area contributed by atoms with Crippen molar-refractivity contribution in [2.75, 3.05) is 0 Å². The molecule has 0 amide bonds. The molecule has 0 N–H and O–H groups in total. The lowest BCUT2D eigenvalue weighted by atomic mass is 9.78. The van der Waals surface area contributed by atoms with Crippen LogP contribution in [-0.2, 0) is 11.2 Å². The predicted molar refractivity (Wildman–Crippen MR) is 94.6 cm³/mol. The zero-order valence-corrected chi connectivity index (χ0v) is 13.9.